The Balaban J connectivity index is 2.43. The molecule has 1 heterocycles. The van der Waals surface area contributed by atoms with Gasteiger partial charge in [-0.05, 0) is 11.6 Å². The van der Waals surface area contributed by atoms with Gasteiger partial charge in [0, 0.05) is 10.4 Å². The fourth-order valence-corrected chi connectivity index (χ4v) is 2.49. The van der Waals surface area contributed by atoms with E-state index in [1.807, 2.05) is 36.4 Å². The molecule has 4 heteroatoms. The van der Waals surface area contributed by atoms with Crippen molar-refractivity contribution in [2.24, 2.45) is 5.16 Å². The summed E-state index contributed by atoms with van der Waals surface area (Å²) in [4.78, 5) is 1.07. The molecule has 1 N–H and O–H groups in total. The predicted octanol–water partition coefficient (Wildman–Crippen LogP) is 3.88. The maximum absolute atomic E-state index is 8.44. The molecule has 15 heavy (non-hydrogen) atoms. The predicted molar refractivity (Wildman–Crippen MR) is 64.1 cm³/mol. The summed E-state index contributed by atoms with van der Waals surface area (Å²) in [5.74, 6) is 0. The molecule has 2 aromatic rings. The summed E-state index contributed by atoms with van der Waals surface area (Å²) in [5.41, 5.74) is 1.85. The molecule has 76 valence electrons. The lowest BCUT2D eigenvalue weighted by Gasteiger charge is -1.93. The van der Waals surface area contributed by atoms with Crippen LogP contribution in [0.4, 0.5) is 0 Å². The first-order chi connectivity index (χ1) is 7.31. The first-order valence-electron chi connectivity index (χ1n) is 4.33. The molecule has 0 fully saturated rings. The number of hydrogen-bond donors (Lipinski definition) is 1. The van der Waals surface area contributed by atoms with Crippen molar-refractivity contribution in [1.29, 1.82) is 0 Å². The van der Waals surface area contributed by atoms with E-state index in [2.05, 4.69) is 5.16 Å². The average Bonchev–Trinajstić information content (AvgIpc) is 2.63. The lowest BCUT2D eigenvalue weighted by Crippen LogP contribution is -1.75. The number of nitrogens with zero attached hydrogens (tertiary/aromatic N) is 1. The summed E-state index contributed by atoms with van der Waals surface area (Å²) < 4.78 is 0.631. The van der Waals surface area contributed by atoms with Gasteiger partial charge in [0.2, 0.25) is 0 Å². The van der Waals surface area contributed by atoms with Gasteiger partial charge in [-0.2, -0.15) is 0 Å². The van der Waals surface area contributed by atoms with Crippen LogP contribution in [-0.2, 0) is 0 Å². The molecule has 2 nitrogen and oxygen atoms in total. The van der Waals surface area contributed by atoms with Gasteiger partial charge in [-0.1, -0.05) is 47.1 Å². The fourth-order valence-electron chi connectivity index (χ4n) is 1.28. The van der Waals surface area contributed by atoms with Crippen LogP contribution in [0.2, 0.25) is 4.34 Å². The highest BCUT2D eigenvalue weighted by atomic mass is 35.5. The number of thiophene rings is 1. The molecule has 0 aliphatic carbocycles. The summed E-state index contributed by atoms with van der Waals surface area (Å²) >= 11 is 7.46. The van der Waals surface area contributed by atoms with Crippen molar-refractivity contribution in [3.8, 4) is 10.4 Å². The highest BCUT2D eigenvalue weighted by molar-refractivity contribution is 7.19. The third-order valence-corrected chi connectivity index (χ3v) is 3.41. The minimum absolute atomic E-state index is 0.631. The number of hydrogen-bond acceptors (Lipinski definition) is 3. The number of halogens is 1. The van der Waals surface area contributed by atoms with E-state index < -0.39 is 0 Å². The topological polar surface area (TPSA) is 32.6 Å². The third kappa shape index (κ3) is 2.19. The molecule has 0 amide bonds. The summed E-state index contributed by atoms with van der Waals surface area (Å²) in [7, 11) is 0. The minimum atomic E-state index is 0.631. The summed E-state index contributed by atoms with van der Waals surface area (Å²) in [6.07, 6.45) is 1.34. The Kier molecular flexibility index (Phi) is 3.04. The average molecular weight is 238 g/mol. The van der Waals surface area contributed by atoms with Gasteiger partial charge in [0.1, 0.15) is 4.34 Å². The molecule has 1 aromatic carbocycles. The summed E-state index contributed by atoms with van der Waals surface area (Å²) in [6, 6.07) is 11.9. The smallest absolute Gasteiger partial charge is 0.102 e. The van der Waals surface area contributed by atoms with Crippen LogP contribution in [0.15, 0.2) is 41.6 Å². The lowest BCUT2D eigenvalue weighted by molar-refractivity contribution is 0.322. The maximum atomic E-state index is 8.44. The maximum Gasteiger partial charge on any atom is 0.102 e. The second-order valence-corrected chi connectivity index (χ2v) is 4.60. The Bertz CT molecular complexity index is 479. The molecule has 0 spiro atoms. The first kappa shape index (κ1) is 10.2. The van der Waals surface area contributed by atoms with Gasteiger partial charge in [0.15, 0.2) is 0 Å². The van der Waals surface area contributed by atoms with E-state index in [9.17, 15) is 0 Å². The standard InChI is InChI=1S/C11H8ClNOS/c12-11-9(7-13-14)6-10(15-11)8-4-2-1-3-5-8/h1-7,14H/b13-7-. The number of rotatable bonds is 2. The van der Waals surface area contributed by atoms with Gasteiger partial charge in [-0.15, -0.1) is 11.3 Å². The van der Waals surface area contributed by atoms with Crippen LogP contribution in [0.5, 0.6) is 0 Å². The number of benzene rings is 1. The van der Waals surface area contributed by atoms with Crippen molar-refractivity contribution in [1.82, 2.24) is 0 Å². The van der Waals surface area contributed by atoms with Crippen LogP contribution in [0.1, 0.15) is 5.56 Å². The van der Waals surface area contributed by atoms with Gasteiger partial charge < -0.3 is 5.21 Å². The molecule has 2 rings (SSSR count). The van der Waals surface area contributed by atoms with Crippen molar-refractivity contribution >= 4 is 29.2 Å². The van der Waals surface area contributed by atoms with Crippen molar-refractivity contribution in [2.75, 3.05) is 0 Å². The largest absolute Gasteiger partial charge is 0.411 e. The van der Waals surface area contributed by atoms with Gasteiger partial charge in [0.05, 0.1) is 6.21 Å². The fraction of sp³-hybridized carbons (Fsp3) is 0. The van der Waals surface area contributed by atoms with Crippen molar-refractivity contribution < 1.29 is 5.21 Å². The van der Waals surface area contributed by atoms with E-state index in [1.54, 1.807) is 0 Å². The van der Waals surface area contributed by atoms with Crippen LogP contribution >= 0.6 is 22.9 Å². The Hall–Kier alpha value is -1.32. The molecule has 1 aromatic heterocycles. The molecule has 0 bridgehead atoms. The van der Waals surface area contributed by atoms with Crippen LogP contribution in [0, 0.1) is 0 Å². The zero-order valence-electron chi connectivity index (χ0n) is 7.72. The SMILES string of the molecule is O/N=C\c1cc(-c2ccccc2)sc1Cl. The van der Waals surface area contributed by atoms with Gasteiger partial charge in [0.25, 0.3) is 0 Å². The van der Waals surface area contributed by atoms with Crippen molar-refractivity contribution in [2.45, 2.75) is 0 Å². The highest BCUT2D eigenvalue weighted by Gasteiger charge is 2.06. The normalized spacial score (nSPS) is 11.0. The molecule has 0 saturated carbocycles. The second-order valence-electron chi connectivity index (χ2n) is 2.95. The minimum Gasteiger partial charge on any atom is -0.411 e. The molecule has 0 aliphatic rings. The number of oxime groups is 1. The van der Waals surface area contributed by atoms with Gasteiger partial charge in [-0.3, -0.25) is 0 Å². The van der Waals surface area contributed by atoms with Crippen LogP contribution in [0.3, 0.4) is 0 Å². The third-order valence-electron chi connectivity index (χ3n) is 1.97. The van der Waals surface area contributed by atoms with E-state index in [1.165, 1.54) is 17.6 Å². The van der Waals surface area contributed by atoms with E-state index in [0.29, 0.717) is 4.34 Å². The Morgan fingerprint density at radius 1 is 1.27 bits per heavy atom. The van der Waals surface area contributed by atoms with Crippen LogP contribution < -0.4 is 0 Å². The molecule has 0 atom stereocenters. The van der Waals surface area contributed by atoms with E-state index in [4.69, 9.17) is 16.8 Å². The van der Waals surface area contributed by atoms with Crippen LogP contribution in [-0.4, -0.2) is 11.4 Å². The molecule has 0 radical (unpaired) electrons. The van der Waals surface area contributed by atoms with Crippen molar-refractivity contribution in [3.05, 3.63) is 46.3 Å². The molecule has 0 saturated heterocycles. The molecular formula is C11H8ClNOS. The Labute approximate surface area is 96.4 Å². The Morgan fingerprint density at radius 2 is 2.00 bits per heavy atom. The zero-order valence-corrected chi connectivity index (χ0v) is 9.29. The second kappa shape index (κ2) is 4.47. The molecule has 0 aliphatic heterocycles. The first-order valence-corrected chi connectivity index (χ1v) is 5.53. The quantitative estimate of drug-likeness (QED) is 0.480. The lowest BCUT2D eigenvalue weighted by atomic mass is 10.2. The summed E-state index contributed by atoms with van der Waals surface area (Å²) in [5, 5.41) is 11.4. The van der Waals surface area contributed by atoms with Gasteiger partial charge in [-0.25, -0.2) is 0 Å². The van der Waals surface area contributed by atoms with E-state index >= 15 is 0 Å². The van der Waals surface area contributed by atoms with E-state index in [-0.39, 0.29) is 0 Å². The highest BCUT2D eigenvalue weighted by Crippen LogP contribution is 2.33. The Morgan fingerprint density at radius 3 is 2.67 bits per heavy atom. The monoisotopic (exact) mass is 237 g/mol. The zero-order chi connectivity index (χ0) is 10.7. The van der Waals surface area contributed by atoms with E-state index in [0.717, 1.165) is 16.0 Å². The molecular weight excluding hydrogens is 230 g/mol. The summed E-state index contributed by atoms with van der Waals surface area (Å²) in [6.45, 7) is 0. The molecule has 0 unspecified atom stereocenters. The van der Waals surface area contributed by atoms with Gasteiger partial charge >= 0.3 is 0 Å². The van der Waals surface area contributed by atoms with Crippen molar-refractivity contribution in [3.63, 3.8) is 0 Å². The van der Waals surface area contributed by atoms with Crippen LogP contribution in [0.25, 0.3) is 10.4 Å².